The Morgan fingerprint density at radius 3 is 2.41 bits per heavy atom. The maximum Gasteiger partial charge on any atom is 0.573 e. The van der Waals surface area contributed by atoms with Crippen molar-refractivity contribution in [2.24, 2.45) is 0 Å². The molecular formula is C29H28F3N5O4. The normalized spacial score (nSPS) is 15.2. The van der Waals surface area contributed by atoms with E-state index in [1.165, 1.54) is 18.3 Å². The van der Waals surface area contributed by atoms with Crippen LogP contribution in [-0.2, 0) is 6.54 Å². The van der Waals surface area contributed by atoms with Crippen LogP contribution >= 0.6 is 0 Å². The summed E-state index contributed by atoms with van der Waals surface area (Å²) in [5, 5.41) is 12.9. The largest absolute Gasteiger partial charge is 0.573 e. The molecule has 12 heteroatoms. The Morgan fingerprint density at radius 1 is 1.07 bits per heavy atom. The highest BCUT2D eigenvalue weighted by atomic mass is 19.4. The van der Waals surface area contributed by atoms with E-state index in [1.807, 2.05) is 40.7 Å². The number of methoxy groups -OCH3 is 1. The van der Waals surface area contributed by atoms with Gasteiger partial charge < -0.3 is 29.4 Å². The highest BCUT2D eigenvalue weighted by Crippen LogP contribution is 2.33. The lowest BCUT2D eigenvalue weighted by molar-refractivity contribution is -0.274. The molecule has 214 valence electrons. The van der Waals surface area contributed by atoms with Crippen molar-refractivity contribution in [3.8, 4) is 22.9 Å². The number of rotatable bonds is 8. The Labute approximate surface area is 234 Å². The Hall–Kier alpha value is -4.58. The van der Waals surface area contributed by atoms with Crippen LogP contribution < -0.4 is 19.7 Å². The lowest BCUT2D eigenvalue weighted by Crippen LogP contribution is -2.24. The number of alkyl halides is 3. The first-order chi connectivity index (χ1) is 19.6. The number of pyridine rings is 1. The van der Waals surface area contributed by atoms with E-state index in [9.17, 15) is 23.1 Å². The summed E-state index contributed by atoms with van der Waals surface area (Å²) in [6, 6.07) is 14.3. The van der Waals surface area contributed by atoms with E-state index in [1.54, 1.807) is 19.4 Å². The minimum Gasteiger partial charge on any atom is -0.497 e. The van der Waals surface area contributed by atoms with Crippen molar-refractivity contribution in [1.29, 1.82) is 0 Å². The van der Waals surface area contributed by atoms with E-state index in [2.05, 4.69) is 20.0 Å². The second-order valence-corrected chi connectivity index (χ2v) is 9.67. The number of hydrogen-bond acceptors (Lipinski definition) is 7. The SMILES string of the molecule is COc1ccc(Cn2c(C)cnc2-c2cc(C(=O)Nc3ccc(OC(F)(F)F)cc3)cnc2N2CCC(O)C2)cc1. The van der Waals surface area contributed by atoms with Crippen LogP contribution in [0.4, 0.5) is 24.7 Å². The molecule has 4 aromatic rings. The zero-order chi connectivity index (χ0) is 29.1. The van der Waals surface area contributed by atoms with E-state index < -0.39 is 24.1 Å². The number of nitrogens with zero attached hydrogens (tertiary/aromatic N) is 4. The molecule has 1 aliphatic heterocycles. The van der Waals surface area contributed by atoms with Gasteiger partial charge in [-0.05, 0) is 61.4 Å². The molecule has 0 spiro atoms. The van der Waals surface area contributed by atoms with Crippen molar-refractivity contribution in [2.45, 2.75) is 32.4 Å². The summed E-state index contributed by atoms with van der Waals surface area (Å²) in [6.07, 6.45) is -1.52. The van der Waals surface area contributed by atoms with Crippen molar-refractivity contribution in [2.75, 3.05) is 30.4 Å². The third-order valence-corrected chi connectivity index (χ3v) is 6.73. The maximum atomic E-state index is 13.2. The van der Waals surface area contributed by atoms with Gasteiger partial charge in [0.25, 0.3) is 5.91 Å². The molecule has 1 unspecified atom stereocenters. The van der Waals surface area contributed by atoms with Gasteiger partial charge in [0.05, 0.1) is 24.3 Å². The lowest BCUT2D eigenvalue weighted by Gasteiger charge is -2.21. The fraction of sp³-hybridized carbons (Fsp3) is 0.276. The van der Waals surface area contributed by atoms with E-state index in [-0.39, 0.29) is 11.3 Å². The van der Waals surface area contributed by atoms with Gasteiger partial charge in [0.1, 0.15) is 23.1 Å². The third kappa shape index (κ3) is 6.60. The van der Waals surface area contributed by atoms with E-state index >= 15 is 0 Å². The van der Waals surface area contributed by atoms with Crippen molar-refractivity contribution in [3.05, 3.63) is 83.8 Å². The monoisotopic (exact) mass is 567 g/mol. The first kappa shape index (κ1) is 28.0. The average molecular weight is 568 g/mol. The quantitative estimate of drug-likeness (QED) is 0.308. The minimum atomic E-state index is -4.81. The van der Waals surface area contributed by atoms with Gasteiger partial charge >= 0.3 is 6.36 Å². The zero-order valence-corrected chi connectivity index (χ0v) is 22.4. The number of hydrogen-bond donors (Lipinski definition) is 2. The van der Waals surface area contributed by atoms with Gasteiger partial charge in [-0.25, -0.2) is 9.97 Å². The number of carbonyl (C=O) groups excluding carboxylic acids is 1. The number of imidazole rings is 1. The molecule has 1 amide bonds. The molecule has 2 aromatic carbocycles. The van der Waals surface area contributed by atoms with Crippen LogP contribution in [0.15, 0.2) is 67.0 Å². The first-order valence-electron chi connectivity index (χ1n) is 12.9. The molecule has 5 rings (SSSR count). The Kier molecular flexibility index (Phi) is 7.84. The number of halogens is 3. The molecule has 1 aliphatic rings. The average Bonchev–Trinajstić information content (AvgIpc) is 3.54. The molecule has 0 radical (unpaired) electrons. The van der Waals surface area contributed by atoms with Gasteiger partial charge in [0.2, 0.25) is 0 Å². The highest BCUT2D eigenvalue weighted by Gasteiger charge is 2.31. The molecule has 2 aromatic heterocycles. The van der Waals surface area contributed by atoms with Crippen LogP contribution in [0.25, 0.3) is 11.4 Å². The lowest BCUT2D eigenvalue weighted by atomic mass is 10.1. The fourth-order valence-corrected chi connectivity index (χ4v) is 4.66. The molecule has 1 fully saturated rings. The van der Waals surface area contributed by atoms with Gasteiger partial charge in [0, 0.05) is 43.4 Å². The second kappa shape index (κ2) is 11.5. The van der Waals surface area contributed by atoms with Crippen molar-refractivity contribution in [1.82, 2.24) is 14.5 Å². The van der Waals surface area contributed by atoms with Crippen LogP contribution in [0.5, 0.6) is 11.5 Å². The van der Waals surface area contributed by atoms with Crippen LogP contribution in [0.2, 0.25) is 0 Å². The molecule has 3 heterocycles. The molecule has 2 N–H and O–H groups in total. The summed E-state index contributed by atoms with van der Waals surface area (Å²) in [6.45, 7) is 3.44. The molecule has 0 saturated carbocycles. The Balaban J connectivity index is 1.46. The van der Waals surface area contributed by atoms with Gasteiger partial charge in [-0.3, -0.25) is 4.79 Å². The van der Waals surface area contributed by atoms with Gasteiger partial charge in [-0.15, -0.1) is 13.2 Å². The summed E-state index contributed by atoms with van der Waals surface area (Å²) < 4.78 is 48.6. The molecule has 9 nitrogen and oxygen atoms in total. The number of ether oxygens (including phenoxy) is 2. The van der Waals surface area contributed by atoms with Gasteiger partial charge in [-0.1, -0.05) is 12.1 Å². The predicted octanol–water partition coefficient (Wildman–Crippen LogP) is 5.03. The summed E-state index contributed by atoms with van der Waals surface area (Å²) in [5.41, 5.74) is 3.05. The van der Waals surface area contributed by atoms with E-state index in [0.29, 0.717) is 43.3 Å². The van der Waals surface area contributed by atoms with Crippen molar-refractivity contribution < 1.29 is 32.5 Å². The molecule has 0 bridgehead atoms. The Bertz CT molecular complexity index is 1520. The van der Waals surface area contributed by atoms with Crippen molar-refractivity contribution in [3.63, 3.8) is 0 Å². The maximum absolute atomic E-state index is 13.2. The Morgan fingerprint density at radius 2 is 1.78 bits per heavy atom. The number of aromatic nitrogens is 3. The zero-order valence-electron chi connectivity index (χ0n) is 22.4. The van der Waals surface area contributed by atoms with Gasteiger partial charge in [0.15, 0.2) is 0 Å². The highest BCUT2D eigenvalue weighted by molar-refractivity contribution is 6.05. The number of aliphatic hydroxyl groups excluding tert-OH is 1. The molecular weight excluding hydrogens is 539 g/mol. The van der Waals surface area contributed by atoms with Crippen LogP contribution in [0.3, 0.4) is 0 Å². The molecule has 1 atom stereocenters. The first-order valence-corrected chi connectivity index (χ1v) is 12.9. The summed E-state index contributed by atoms with van der Waals surface area (Å²) in [4.78, 5) is 24.4. The molecule has 0 aliphatic carbocycles. The number of nitrogens with one attached hydrogen (secondary N) is 1. The minimum absolute atomic E-state index is 0.232. The van der Waals surface area contributed by atoms with E-state index in [4.69, 9.17) is 4.74 Å². The molecule has 1 saturated heterocycles. The number of aliphatic hydroxyl groups is 1. The van der Waals surface area contributed by atoms with Gasteiger partial charge in [-0.2, -0.15) is 0 Å². The fourth-order valence-electron chi connectivity index (χ4n) is 4.66. The van der Waals surface area contributed by atoms with Crippen molar-refractivity contribution >= 4 is 17.4 Å². The van der Waals surface area contributed by atoms with Crippen LogP contribution in [-0.4, -0.2) is 58.2 Å². The number of benzene rings is 2. The summed E-state index contributed by atoms with van der Waals surface area (Å²) in [5.74, 6) is 1.05. The number of β-amino-alcohol motifs (C(OH)–C–C–N with tert-alkyl or cyclic N) is 1. The second-order valence-electron chi connectivity index (χ2n) is 9.67. The van der Waals surface area contributed by atoms with Crippen LogP contribution in [0.1, 0.15) is 28.0 Å². The third-order valence-electron chi connectivity index (χ3n) is 6.73. The number of amides is 1. The summed E-state index contributed by atoms with van der Waals surface area (Å²) >= 11 is 0. The summed E-state index contributed by atoms with van der Waals surface area (Å²) in [7, 11) is 1.61. The standard InChI is InChI=1S/C29H28F3N5O4/c1-18-14-33-27(37(18)16-19-3-7-23(40-2)8-4-19)25-13-20(15-34-26(25)36-12-11-22(38)17-36)28(39)35-21-5-9-24(10-6-21)41-29(30,31)32/h3-10,13-15,22,38H,11-12,16-17H2,1-2H3,(H,35,39). The number of anilines is 2. The van der Waals surface area contributed by atoms with Crippen LogP contribution in [0, 0.1) is 6.92 Å². The topological polar surface area (TPSA) is 102 Å². The smallest absolute Gasteiger partial charge is 0.497 e. The van der Waals surface area contributed by atoms with E-state index in [0.717, 1.165) is 29.1 Å². The predicted molar refractivity (Wildman–Crippen MR) is 146 cm³/mol. The number of carbonyl (C=O) groups is 1. The number of aryl methyl sites for hydroxylation is 1. The molecule has 41 heavy (non-hydrogen) atoms.